The standard InChI is InChI=1S/C18H14O8.C8H15NO2/c19-15(20)13(25-17(23)11-7-3-1-4-8-11)14(16(21)22)26-18(24)12-9-5-2-6-10-12;1-6-5-9-4-3-8(6)11-7(2)10/h1-10,13-14H,(H,19,20)(H,21,22);6,8-9H,3-5H2,1-2H3/t13-,14-;6-,8+/m00/s1. The van der Waals surface area contributed by atoms with Crippen molar-refractivity contribution < 1.29 is 48.4 Å². The third kappa shape index (κ3) is 9.37. The highest BCUT2D eigenvalue weighted by molar-refractivity contribution is 5.95. The van der Waals surface area contributed by atoms with Gasteiger partial charge in [-0.3, -0.25) is 4.79 Å². The van der Waals surface area contributed by atoms with Crippen LogP contribution in [0.25, 0.3) is 0 Å². The van der Waals surface area contributed by atoms with Gasteiger partial charge in [0.15, 0.2) is 0 Å². The Morgan fingerprint density at radius 1 is 0.811 bits per heavy atom. The van der Waals surface area contributed by atoms with Gasteiger partial charge in [-0.1, -0.05) is 43.3 Å². The highest BCUT2D eigenvalue weighted by atomic mass is 16.6. The Balaban J connectivity index is 0.000000364. The molecular weight excluding hydrogens is 486 g/mol. The maximum Gasteiger partial charge on any atom is 0.349 e. The minimum absolute atomic E-state index is 0.0253. The van der Waals surface area contributed by atoms with E-state index in [0.717, 1.165) is 19.5 Å². The van der Waals surface area contributed by atoms with Crippen LogP contribution in [-0.2, 0) is 28.6 Å². The average Bonchev–Trinajstić information content (AvgIpc) is 2.88. The van der Waals surface area contributed by atoms with Crippen LogP contribution >= 0.6 is 0 Å². The van der Waals surface area contributed by atoms with Crippen molar-refractivity contribution >= 4 is 29.8 Å². The van der Waals surface area contributed by atoms with Gasteiger partial charge in [0, 0.05) is 19.4 Å². The first-order chi connectivity index (χ1) is 17.6. The number of ether oxygens (including phenoxy) is 3. The first kappa shape index (κ1) is 29.0. The fourth-order valence-electron chi connectivity index (χ4n) is 3.38. The Labute approximate surface area is 213 Å². The summed E-state index contributed by atoms with van der Waals surface area (Å²) in [4.78, 5) is 57.5. The van der Waals surface area contributed by atoms with Gasteiger partial charge in [0.25, 0.3) is 0 Å². The monoisotopic (exact) mass is 515 g/mol. The van der Waals surface area contributed by atoms with Gasteiger partial charge in [-0.05, 0) is 37.2 Å². The lowest BCUT2D eigenvalue weighted by Gasteiger charge is -2.28. The van der Waals surface area contributed by atoms with Gasteiger partial charge in [-0.2, -0.15) is 0 Å². The van der Waals surface area contributed by atoms with E-state index in [1.165, 1.54) is 55.5 Å². The molecule has 0 aromatic heterocycles. The fourth-order valence-corrected chi connectivity index (χ4v) is 3.38. The van der Waals surface area contributed by atoms with Gasteiger partial charge >= 0.3 is 29.8 Å². The van der Waals surface area contributed by atoms with Crippen molar-refractivity contribution in [2.24, 2.45) is 5.92 Å². The molecule has 11 nitrogen and oxygen atoms in total. The van der Waals surface area contributed by atoms with Crippen molar-refractivity contribution in [3.05, 3.63) is 71.8 Å². The van der Waals surface area contributed by atoms with Gasteiger partial charge in [-0.15, -0.1) is 0 Å². The molecule has 3 N–H and O–H groups in total. The Morgan fingerprint density at radius 3 is 1.59 bits per heavy atom. The van der Waals surface area contributed by atoms with Crippen LogP contribution in [-0.4, -0.2) is 71.5 Å². The summed E-state index contributed by atoms with van der Waals surface area (Å²) in [5.74, 6) is -5.35. The highest BCUT2D eigenvalue weighted by Gasteiger charge is 2.41. The number of benzene rings is 2. The highest BCUT2D eigenvalue weighted by Crippen LogP contribution is 2.15. The van der Waals surface area contributed by atoms with E-state index in [1.54, 1.807) is 12.1 Å². The number of piperidine rings is 1. The molecule has 0 bridgehead atoms. The summed E-state index contributed by atoms with van der Waals surface area (Å²) in [6, 6.07) is 14.8. The van der Waals surface area contributed by atoms with Gasteiger partial charge < -0.3 is 29.7 Å². The second-order valence-corrected chi connectivity index (χ2v) is 8.18. The molecule has 1 fully saturated rings. The van der Waals surface area contributed by atoms with E-state index in [0.29, 0.717) is 5.92 Å². The van der Waals surface area contributed by atoms with Crippen LogP contribution in [0.4, 0.5) is 0 Å². The second kappa shape index (κ2) is 14.3. The molecule has 37 heavy (non-hydrogen) atoms. The third-order valence-electron chi connectivity index (χ3n) is 5.27. The van der Waals surface area contributed by atoms with Crippen molar-refractivity contribution in [1.82, 2.24) is 5.32 Å². The van der Waals surface area contributed by atoms with Gasteiger partial charge in [0.2, 0.25) is 12.2 Å². The Hall–Kier alpha value is -4.25. The van der Waals surface area contributed by atoms with E-state index in [2.05, 4.69) is 12.2 Å². The Kier molecular flexibility index (Phi) is 11.2. The fraction of sp³-hybridized carbons (Fsp3) is 0.346. The molecule has 4 atom stereocenters. The molecule has 11 heteroatoms. The summed E-state index contributed by atoms with van der Waals surface area (Å²) >= 11 is 0. The lowest BCUT2D eigenvalue weighted by atomic mass is 9.98. The summed E-state index contributed by atoms with van der Waals surface area (Å²) in [6.07, 6.45) is -3.35. The minimum Gasteiger partial charge on any atom is -0.478 e. The maximum atomic E-state index is 12.0. The largest absolute Gasteiger partial charge is 0.478 e. The number of hydrogen-bond acceptors (Lipinski definition) is 9. The first-order valence-electron chi connectivity index (χ1n) is 11.5. The summed E-state index contributed by atoms with van der Waals surface area (Å²) in [7, 11) is 0. The van der Waals surface area contributed by atoms with Crippen molar-refractivity contribution in [3.63, 3.8) is 0 Å². The average molecular weight is 516 g/mol. The Morgan fingerprint density at radius 2 is 1.24 bits per heavy atom. The molecule has 0 spiro atoms. The van der Waals surface area contributed by atoms with E-state index in [1.807, 2.05) is 0 Å². The summed E-state index contributed by atoms with van der Waals surface area (Å²) in [6.45, 7) is 5.48. The smallest absolute Gasteiger partial charge is 0.349 e. The molecule has 2 aromatic rings. The maximum absolute atomic E-state index is 12.0. The van der Waals surface area contributed by atoms with Gasteiger partial charge in [0.1, 0.15) is 6.10 Å². The zero-order chi connectivity index (χ0) is 27.4. The molecule has 0 amide bonds. The zero-order valence-corrected chi connectivity index (χ0v) is 20.4. The van der Waals surface area contributed by atoms with E-state index in [4.69, 9.17) is 14.2 Å². The lowest BCUT2D eigenvalue weighted by molar-refractivity contribution is -0.166. The van der Waals surface area contributed by atoms with Crippen molar-refractivity contribution in [3.8, 4) is 0 Å². The molecule has 1 saturated heterocycles. The molecule has 3 rings (SSSR count). The number of carboxylic acids is 2. The van der Waals surface area contributed by atoms with Crippen molar-refractivity contribution in [2.45, 2.75) is 38.6 Å². The number of esters is 3. The number of carbonyl (C=O) groups excluding carboxylic acids is 3. The summed E-state index contributed by atoms with van der Waals surface area (Å²) < 4.78 is 14.6. The van der Waals surface area contributed by atoms with E-state index in [9.17, 15) is 34.2 Å². The number of nitrogens with one attached hydrogen (secondary N) is 1. The molecule has 1 aliphatic rings. The number of hydrogen-bond donors (Lipinski definition) is 3. The van der Waals surface area contributed by atoms with Crippen LogP contribution in [0.2, 0.25) is 0 Å². The number of carbonyl (C=O) groups is 5. The normalized spacial score (nSPS) is 18.1. The first-order valence-corrected chi connectivity index (χ1v) is 11.5. The summed E-state index contributed by atoms with van der Waals surface area (Å²) in [5.41, 5.74) is 0.0505. The van der Waals surface area contributed by atoms with Crippen LogP contribution in [0.15, 0.2) is 60.7 Å². The minimum atomic E-state index is -2.21. The van der Waals surface area contributed by atoms with Gasteiger partial charge in [-0.25, -0.2) is 19.2 Å². The molecule has 1 heterocycles. The topological polar surface area (TPSA) is 166 Å². The quantitative estimate of drug-likeness (QED) is 0.348. The number of aliphatic carboxylic acids is 2. The zero-order valence-electron chi connectivity index (χ0n) is 20.4. The predicted molar refractivity (Wildman–Crippen MR) is 129 cm³/mol. The van der Waals surface area contributed by atoms with Crippen LogP contribution in [0.3, 0.4) is 0 Å². The number of rotatable bonds is 8. The molecule has 2 aromatic carbocycles. The summed E-state index contributed by atoms with van der Waals surface area (Å²) in [5, 5.41) is 21.7. The second-order valence-electron chi connectivity index (χ2n) is 8.18. The third-order valence-corrected chi connectivity index (χ3v) is 5.27. The van der Waals surface area contributed by atoms with Gasteiger partial charge in [0.05, 0.1) is 11.1 Å². The van der Waals surface area contributed by atoms with Crippen molar-refractivity contribution in [2.75, 3.05) is 13.1 Å². The van der Waals surface area contributed by atoms with Crippen molar-refractivity contribution in [1.29, 1.82) is 0 Å². The Bertz CT molecular complexity index is 1000. The molecule has 0 radical (unpaired) electrons. The molecule has 0 saturated carbocycles. The predicted octanol–water partition coefficient (Wildman–Crippen LogP) is 2.15. The molecule has 0 unspecified atom stereocenters. The lowest BCUT2D eigenvalue weighted by Crippen LogP contribution is -2.45. The molecule has 198 valence electrons. The van der Waals surface area contributed by atoms with Crippen LogP contribution in [0, 0.1) is 5.92 Å². The van der Waals surface area contributed by atoms with E-state index < -0.39 is 36.1 Å². The van der Waals surface area contributed by atoms with Crippen LogP contribution in [0.1, 0.15) is 41.0 Å². The van der Waals surface area contributed by atoms with E-state index in [-0.39, 0.29) is 23.2 Å². The van der Waals surface area contributed by atoms with E-state index >= 15 is 0 Å². The molecule has 0 aliphatic carbocycles. The van der Waals surface area contributed by atoms with Crippen LogP contribution < -0.4 is 5.32 Å². The number of carboxylic acid groups (broad SMARTS) is 2. The van der Waals surface area contributed by atoms with Crippen LogP contribution in [0.5, 0.6) is 0 Å². The molecule has 1 aliphatic heterocycles. The molecular formula is C26H29NO10. The SMILES string of the molecule is CC(=O)O[C@@H]1CCNC[C@@H]1C.O=C(O[C@H](C(=O)O)[C@H](OC(=O)c1ccccc1)C(=O)O)c1ccccc1.